The number of rotatable bonds is 5. The van der Waals surface area contributed by atoms with E-state index < -0.39 is 0 Å². The number of dihydropyridines is 1. The monoisotopic (exact) mass is 421 g/mol. The van der Waals surface area contributed by atoms with E-state index in [1.807, 2.05) is 42.6 Å². The normalized spacial score (nSPS) is 15.4. The van der Waals surface area contributed by atoms with E-state index in [2.05, 4.69) is 59.2 Å². The van der Waals surface area contributed by atoms with Crippen LogP contribution in [0.4, 0.5) is 11.6 Å². The van der Waals surface area contributed by atoms with E-state index in [1.165, 1.54) is 0 Å². The van der Waals surface area contributed by atoms with Gasteiger partial charge in [0.15, 0.2) is 0 Å². The second kappa shape index (κ2) is 7.66. The van der Waals surface area contributed by atoms with Gasteiger partial charge in [-0.3, -0.25) is 4.99 Å². The van der Waals surface area contributed by atoms with Gasteiger partial charge < -0.3 is 19.6 Å². The number of ether oxygens (including phenoxy) is 1. The number of fused-ring (bicyclic) bond motifs is 2. The molecule has 32 heavy (non-hydrogen) atoms. The van der Waals surface area contributed by atoms with Gasteiger partial charge in [-0.05, 0) is 48.5 Å². The average Bonchev–Trinajstić information content (AvgIpc) is 3.46. The van der Waals surface area contributed by atoms with Crippen molar-refractivity contribution < 1.29 is 4.74 Å². The number of nitrogens with zero attached hydrogens (tertiary/aromatic N) is 5. The van der Waals surface area contributed by atoms with Gasteiger partial charge in [-0.15, -0.1) is 0 Å². The van der Waals surface area contributed by atoms with Crippen molar-refractivity contribution >= 4 is 39.8 Å². The SMILES string of the molecule is C1=CCC(n2ccc3cc(Oc4ccnc(Nc5ccc6nc[nH]c6c5)n4)ccc32)N=C1. The lowest BCUT2D eigenvalue weighted by Gasteiger charge is -2.16. The summed E-state index contributed by atoms with van der Waals surface area (Å²) in [5.74, 6) is 1.63. The lowest BCUT2D eigenvalue weighted by molar-refractivity contribution is 0.463. The molecule has 3 aromatic heterocycles. The Balaban J connectivity index is 1.22. The highest BCUT2D eigenvalue weighted by molar-refractivity contribution is 5.82. The molecule has 8 heteroatoms. The standard InChI is InChI=1S/C24H19N7O/c1-2-10-25-22(3-1)31-12-9-16-13-18(5-7-21(16)31)32-23-8-11-26-24(30-23)29-17-4-6-19-20(14-17)28-15-27-19/h1-2,4-15,22H,3H2,(H,27,28)(H,26,29,30). The molecule has 0 fully saturated rings. The van der Waals surface area contributed by atoms with Crippen LogP contribution in [0.3, 0.4) is 0 Å². The number of anilines is 2. The highest BCUT2D eigenvalue weighted by atomic mass is 16.5. The molecule has 8 nitrogen and oxygen atoms in total. The van der Waals surface area contributed by atoms with Crippen molar-refractivity contribution in [3.8, 4) is 11.6 Å². The fourth-order valence-electron chi connectivity index (χ4n) is 3.84. The second-order valence-electron chi connectivity index (χ2n) is 7.47. The molecule has 0 aliphatic carbocycles. The first-order chi connectivity index (χ1) is 15.8. The molecular formula is C24H19N7O. The van der Waals surface area contributed by atoms with Crippen LogP contribution < -0.4 is 10.1 Å². The van der Waals surface area contributed by atoms with E-state index >= 15 is 0 Å². The summed E-state index contributed by atoms with van der Waals surface area (Å²) in [5.41, 5.74) is 3.83. The molecule has 0 saturated carbocycles. The zero-order valence-corrected chi connectivity index (χ0v) is 17.0. The number of aromatic nitrogens is 5. The summed E-state index contributed by atoms with van der Waals surface area (Å²) < 4.78 is 8.20. The minimum atomic E-state index is 0.0979. The fraction of sp³-hybridized carbons (Fsp3) is 0.0833. The number of hydrogen-bond donors (Lipinski definition) is 2. The Kier molecular flexibility index (Phi) is 4.39. The summed E-state index contributed by atoms with van der Waals surface area (Å²) in [6.45, 7) is 0. The van der Waals surface area contributed by atoms with Crippen LogP contribution in [0.5, 0.6) is 11.6 Å². The molecule has 156 valence electrons. The first-order valence-electron chi connectivity index (χ1n) is 10.3. The van der Waals surface area contributed by atoms with E-state index in [9.17, 15) is 0 Å². The molecule has 4 heterocycles. The van der Waals surface area contributed by atoms with Gasteiger partial charge in [-0.2, -0.15) is 4.98 Å². The van der Waals surface area contributed by atoms with E-state index in [0.717, 1.165) is 34.0 Å². The Morgan fingerprint density at radius 1 is 1.06 bits per heavy atom. The third-order valence-electron chi connectivity index (χ3n) is 5.37. The summed E-state index contributed by atoms with van der Waals surface area (Å²) in [7, 11) is 0. The summed E-state index contributed by atoms with van der Waals surface area (Å²) in [6.07, 6.45) is 12.4. The number of imidazole rings is 1. The molecule has 1 unspecified atom stereocenters. The van der Waals surface area contributed by atoms with Crippen molar-refractivity contribution in [2.24, 2.45) is 4.99 Å². The molecule has 1 aliphatic heterocycles. The van der Waals surface area contributed by atoms with E-state index in [4.69, 9.17) is 4.74 Å². The van der Waals surface area contributed by atoms with Crippen LogP contribution in [0.25, 0.3) is 21.9 Å². The van der Waals surface area contributed by atoms with Gasteiger partial charge >= 0.3 is 0 Å². The number of nitrogens with one attached hydrogen (secondary N) is 2. The Labute approximate surface area is 183 Å². The Morgan fingerprint density at radius 2 is 2.06 bits per heavy atom. The van der Waals surface area contributed by atoms with Crippen LogP contribution in [0.15, 0.2) is 84.4 Å². The summed E-state index contributed by atoms with van der Waals surface area (Å²) in [6, 6.07) is 15.7. The molecule has 6 rings (SSSR count). The van der Waals surface area contributed by atoms with Crippen LogP contribution >= 0.6 is 0 Å². The highest BCUT2D eigenvalue weighted by Gasteiger charge is 2.12. The number of H-pyrrole nitrogens is 1. The van der Waals surface area contributed by atoms with Crippen molar-refractivity contribution in [1.29, 1.82) is 0 Å². The topological polar surface area (TPSA) is 93.0 Å². The van der Waals surface area contributed by atoms with Crippen LogP contribution in [-0.4, -0.2) is 30.7 Å². The molecule has 1 atom stereocenters. The Morgan fingerprint density at radius 3 is 3.00 bits per heavy atom. The maximum atomic E-state index is 6.02. The van der Waals surface area contributed by atoms with Crippen LogP contribution in [0.1, 0.15) is 12.6 Å². The number of allylic oxidation sites excluding steroid dienone is 1. The first kappa shape index (κ1) is 18.3. The van der Waals surface area contributed by atoms with Crippen LogP contribution in [0, 0.1) is 0 Å². The summed E-state index contributed by atoms with van der Waals surface area (Å²) in [5, 5.41) is 4.30. The molecule has 2 N–H and O–H groups in total. The Hall–Kier alpha value is -4.46. The smallest absolute Gasteiger partial charge is 0.230 e. The van der Waals surface area contributed by atoms with E-state index in [1.54, 1.807) is 18.6 Å². The minimum absolute atomic E-state index is 0.0979. The van der Waals surface area contributed by atoms with Gasteiger partial charge in [0, 0.05) is 42.2 Å². The number of benzene rings is 2. The third kappa shape index (κ3) is 3.47. The molecule has 0 radical (unpaired) electrons. The third-order valence-corrected chi connectivity index (χ3v) is 5.37. The quantitative estimate of drug-likeness (QED) is 0.398. The maximum absolute atomic E-state index is 6.02. The van der Waals surface area contributed by atoms with Gasteiger partial charge in [0.2, 0.25) is 11.8 Å². The van der Waals surface area contributed by atoms with Gasteiger partial charge in [0.25, 0.3) is 0 Å². The predicted octanol–water partition coefficient (Wildman–Crippen LogP) is 5.37. The molecule has 0 bridgehead atoms. The zero-order valence-electron chi connectivity index (χ0n) is 17.0. The molecule has 0 spiro atoms. The molecule has 0 saturated heterocycles. The van der Waals surface area contributed by atoms with Crippen molar-refractivity contribution in [2.75, 3.05) is 5.32 Å². The summed E-state index contributed by atoms with van der Waals surface area (Å²) in [4.78, 5) is 20.7. The van der Waals surface area contributed by atoms with Crippen molar-refractivity contribution in [3.63, 3.8) is 0 Å². The van der Waals surface area contributed by atoms with Crippen LogP contribution in [0.2, 0.25) is 0 Å². The molecule has 2 aromatic carbocycles. The predicted molar refractivity (Wildman–Crippen MR) is 125 cm³/mol. The summed E-state index contributed by atoms with van der Waals surface area (Å²) >= 11 is 0. The second-order valence-corrected chi connectivity index (χ2v) is 7.47. The average molecular weight is 421 g/mol. The largest absolute Gasteiger partial charge is 0.439 e. The van der Waals surface area contributed by atoms with Gasteiger partial charge in [-0.25, -0.2) is 9.97 Å². The van der Waals surface area contributed by atoms with E-state index in [-0.39, 0.29) is 6.17 Å². The number of aromatic amines is 1. The molecule has 0 amide bonds. The minimum Gasteiger partial charge on any atom is -0.439 e. The lowest BCUT2D eigenvalue weighted by Crippen LogP contribution is -2.06. The van der Waals surface area contributed by atoms with Gasteiger partial charge in [0.1, 0.15) is 11.9 Å². The molecule has 1 aliphatic rings. The van der Waals surface area contributed by atoms with Crippen molar-refractivity contribution in [3.05, 3.63) is 79.4 Å². The molecule has 5 aromatic rings. The highest BCUT2D eigenvalue weighted by Crippen LogP contribution is 2.29. The first-order valence-corrected chi connectivity index (χ1v) is 10.3. The van der Waals surface area contributed by atoms with Gasteiger partial charge in [-0.1, -0.05) is 6.08 Å². The van der Waals surface area contributed by atoms with Crippen LogP contribution in [-0.2, 0) is 0 Å². The van der Waals surface area contributed by atoms with Crippen molar-refractivity contribution in [2.45, 2.75) is 12.6 Å². The molecular weight excluding hydrogens is 402 g/mol. The Bertz CT molecular complexity index is 1480. The van der Waals surface area contributed by atoms with Gasteiger partial charge in [0.05, 0.1) is 22.9 Å². The number of hydrogen-bond acceptors (Lipinski definition) is 6. The van der Waals surface area contributed by atoms with E-state index in [0.29, 0.717) is 17.6 Å². The maximum Gasteiger partial charge on any atom is 0.230 e. The number of aliphatic imine (C=N–C) groups is 1. The lowest BCUT2D eigenvalue weighted by atomic mass is 10.2. The van der Waals surface area contributed by atoms with Crippen molar-refractivity contribution in [1.82, 2.24) is 24.5 Å². The zero-order chi connectivity index (χ0) is 21.3. The fourth-order valence-corrected chi connectivity index (χ4v) is 3.84.